The second-order valence-electron chi connectivity index (χ2n) is 7.42. The Balaban J connectivity index is 1.95. The van der Waals surface area contributed by atoms with Crippen LogP contribution in [0.3, 0.4) is 0 Å². The fraction of sp³-hybridized carbons (Fsp3) is 0.304. The van der Waals surface area contributed by atoms with E-state index in [1.807, 2.05) is 42.5 Å². The van der Waals surface area contributed by atoms with Crippen LogP contribution in [0, 0.1) is 0 Å². The van der Waals surface area contributed by atoms with E-state index in [0.29, 0.717) is 41.2 Å². The number of allylic oxidation sites excluding steroid dienone is 2. The molecule has 0 radical (unpaired) electrons. The maximum Gasteiger partial charge on any atom is 0.359 e. The molecule has 6 heteroatoms. The number of halogens is 1. The van der Waals surface area contributed by atoms with Crippen LogP contribution in [-0.2, 0) is 14.3 Å². The standard InChI is InChI=1S/C23H22ClNO4/c1-29-22(27)23(28)14-18(15-10-12-16(24)13-11-15)21-19(8-5-9-20(21)26)25(23)17-6-3-2-4-7-17/h2-4,6-7,10-13,18,28H,5,8-9,14H2,1H3/t18-,23-/m1/s1. The number of para-hydroxylation sites is 1. The third kappa shape index (κ3) is 3.34. The van der Waals surface area contributed by atoms with Crippen molar-refractivity contribution >= 4 is 29.0 Å². The minimum atomic E-state index is -1.92. The van der Waals surface area contributed by atoms with Crippen LogP contribution in [0.1, 0.15) is 37.2 Å². The smallest absolute Gasteiger partial charge is 0.359 e. The molecule has 1 N–H and O–H groups in total. The van der Waals surface area contributed by atoms with Crippen molar-refractivity contribution in [2.24, 2.45) is 0 Å². The van der Waals surface area contributed by atoms with Gasteiger partial charge in [-0.2, -0.15) is 0 Å². The van der Waals surface area contributed by atoms with Crippen molar-refractivity contribution in [2.75, 3.05) is 12.0 Å². The van der Waals surface area contributed by atoms with E-state index in [-0.39, 0.29) is 12.2 Å². The van der Waals surface area contributed by atoms with Gasteiger partial charge in [-0.05, 0) is 42.7 Å². The molecule has 5 nitrogen and oxygen atoms in total. The normalized spacial score (nSPS) is 24.3. The summed E-state index contributed by atoms with van der Waals surface area (Å²) in [6.07, 6.45) is 1.74. The minimum Gasteiger partial charge on any atom is -0.465 e. The molecule has 1 aliphatic heterocycles. The van der Waals surface area contributed by atoms with E-state index in [4.69, 9.17) is 16.3 Å². The summed E-state index contributed by atoms with van der Waals surface area (Å²) >= 11 is 6.04. The summed E-state index contributed by atoms with van der Waals surface area (Å²) in [5.74, 6) is -1.11. The van der Waals surface area contributed by atoms with Gasteiger partial charge in [-0.25, -0.2) is 4.79 Å². The van der Waals surface area contributed by atoms with Crippen LogP contribution < -0.4 is 4.90 Å². The highest BCUT2D eigenvalue weighted by atomic mass is 35.5. The Morgan fingerprint density at radius 2 is 1.83 bits per heavy atom. The Morgan fingerprint density at radius 1 is 1.14 bits per heavy atom. The molecule has 2 atom stereocenters. The van der Waals surface area contributed by atoms with Crippen LogP contribution >= 0.6 is 11.6 Å². The van der Waals surface area contributed by atoms with E-state index in [0.717, 1.165) is 5.56 Å². The van der Waals surface area contributed by atoms with Crippen molar-refractivity contribution < 1.29 is 19.4 Å². The molecule has 150 valence electrons. The second-order valence-corrected chi connectivity index (χ2v) is 7.86. The maximum absolute atomic E-state index is 13.0. The SMILES string of the molecule is COC(=O)[C@]1(O)C[C@H](c2ccc(Cl)cc2)C2=C(CCCC2=O)N1c1ccccc1. The average Bonchev–Trinajstić information content (AvgIpc) is 2.74. The van der Waals surface area contributed by atoms with Crippen molar-refractivity contribution in [3.8, 4) is 0 Å². The van der Waals surface area contributed by atoms with E-state index in [9.17, 15) is 14.7 Å². The molecule has 0 saturated carbocycles. The van der Waals surface area contributed by atoms with Gasteiger partial charge >= 0.3 is 5.97 Å². The van der Waals surface area contributed by atoms with Crippen molar-refractivity contribution in [1.82, 2.24) is 0 Å². The predicted octanol–water partition coefficient (Wildman–Crippen LogP) is 4.20. The quantitative estimate of drug-likeness (QED) is 0.766. The number of ether oxygens (including phenoxy) is 1. The summed E-state index contributed by atoms with van der Waals surface area (Å²) in [6, 6.07) is 16.4. The number of esters is 1. The Morgan fingerprint density at radius 3 is 2.48 bits per heavy atom. The highest BCUT2D eigenvalue weighted by molar-refractivity contribution is 6.30. The first-order valence-corrected chi connectivity index (χ1v) is 10.0. The zero-order valence-electron chi connectivity index (χ0n) is 16.1. The molecule has 0 unspecified atom stereocenters. The van der Waals surface area contributed by atoms with Gasteiger partial charge in [-0.1, -0.05) is 41.9 Å². The number of ketones is 1. The minimum absolute atomic E-state index is 0.0147. The molecule has 1 aliphatic carbocycles. The van der Waals surface area contributed by atoms with Gasteiger partial charge in [-0.3, -0.25) is 4.79 Å². The second kappa shape index (κ2) is 7.65. The first kappa shape index (κ1) is 19.7. The largest absolute Gasteiger partial charge is 0.465 e. The lowest BCUT2D eigenvalue weighted by Crippen LogP contribution is -2.59. The lowest BCUT2D eigenvalue weighted by atomic mass is 9.73. The highest BCUT2D eigenvalue weighted by Crippen LogP contribution is 2.48. The van der Waals surface area contributed by atoms with Crippen LogP contribution in [0.15, 0.2) is 65.9 Å². The first-order chi connectivity index (χ1) is 14.0. The molecule has 0 spiro atoms. The van der Waals surface area contributed by atoms with Gasteiger partial charge in [0.1, 0.15) is 0 Å². The van der Waals surface area contributed by atoms with E-state index < -0.39 is 17.6 Å². The Bertz CT molecular complexity index is 970. The molecule has 0 saturated heterocycles. The number of hydrogen-bond donors (Lipinski definition) is 1. The monoisotopic (exact) mass is 411 g/mol. The van der Waals surface area contributed by atoms with Gasteiger partial charge in [-0.15, -0.1) is 0 Å². The van der Waals surface area contributed by atoms with Crippen LogP contribution in [-0.4, -0.2) is 29.7 Å². The van der Waals surface area contributed by atoms with Crippen molar-refractivity contribution in [3.63, 3.8) is 0 Å². The fourth-order valence-corrected chi connectivity index (χ4v) is 4.57. The number of aliphatic hydroxyl groups is 1. The van der Waals surface area contributed by atoms with E-state index >= 15 is 0 Å². The summed E-state index contributed by atoms with van der Waals surface area (Å²) in [4.78, 5) is 27.4. The summed E-state index contributed by atoms with van der Waals surface area (Å²) in [5, 5.41) is 12.2. The fourth-order valence-electron chi connectivity index (χ4n) is 4.44. The van der Waals surface area contributed by atoms with Crippen molar-refractivity contribution in [1.29, 1.82) is 0 Å². The molecule has 0 bridgehead atoms. The molecule has 2 aromatic carbocycles. The zero-order chi connectivity index (χ0) is 20.6. The average molecular weight is 412 g/mol. The number of nitrogens with zero attached hydrogens (tertiary/aromatic N) is 1. The number of carbonyl (C=O) groups is 2. The summed E-state index contributed by atoms with van der Waals surface area (Å²) in [6.45, 7) is 0. The number of methoxy groups -OCH3 is 1. The number of rotatable bonds is 3. The van der Waals surface area contributed by atoms with Crippen LogP contribution in [0.2, 0.25) is 5.02 Å². The topological polar surface area (TPSA) is 66.8 Å². The molecule has 1 heterocycles. The van der Waals surface area contributed by atoms with Crippen molar-refractivity contribution in [3.05, 3.63) is 76.5 Å². The Hall–Kier alpha value is -2.63. The van der Waals surface area contributed by atoms with Gasteiger partial charge < -0.3 is 14.7 Å². The Labute approximate surface area is 174 Å². The molecule has 2 aromatic rings. The van der Waals surface area contributed by atoms with E-state index in [1.165, 1.54) is 7.11 Å². The molecule has 2 aliphatic rings. The number of carbonyl (C=O) groups excluding carboxylic acids is 2. The lowest BCUT2D eigenvalue weighted by molar-refractivity contribution is -0.163. The molecule has 0 aromatic heterocycles. The Kier molecular flexibility index (Phi) is 5.19. The van der Waals surface area contributed by atoms with Crippen LogP contribution in [0.4, 0.5) is 5.69 Å². The van der Waals surface area contributed by atoms with E-state index in [1.54, 1.807) is 17.0 Å². The highest BCUT2D eigenvalue weighted by Gasteiger charge is 2.53. The first-order valence-electron chi connectivity index (χ1n) is 9.63. The molecule has 0 amide bonds. The zero-order valence-corrected chi connectivity index (χ0v) is 16.9. The lowest BCUT2D eigenvalue weighted by Gasteiger charge is -2.48. The van der Waals surface area contributed by atoms with Crippen LogP contribution in [0.5, 0.6) is 0 Å². The number of benzene rings is 2. The van der Waals surface area contributed by atoms with Crippen molar-refractivity contribution in [2.45, 2.75) is 37.3 Å². The van der Waals surface area contributed by atoms with Gasteiger partial charge in [0.15, 0.2) is 5.78 Å². The number of hydrogen-bond acceptors (Lipinski definition) is 5. The van der Waals surface area contributed by atoms with E-state index in [2.05, 4.69) is 0 Å². The third-order valence-electron chi connectivity index (χ3n) is 5.70. The maximum atomic E-state index is 13.0. The molecule has 29 heavy (non-hydrogen) atoms. The van der Waals surface area contributed by atoms with Gasteiger partial charge in [0.2, 0.25) is 5.72 Å². The van der Waals surface area contributed by atoms with Crippen LogP contribution in [0.25, 0.3) is 0 Å². The summed E-state index contributed by atoms with van der Waals surface area (Å²) in [7, 11) is 1.26. The number of anilines is 1. The molecule has 0 fully saturated rings. The molecule has 4 rings (SSSR count). The van der Waals surface area contributed by atoms with Gasteiger partial charge in [0.25, 0.3) is 0 Å². The third-order valence-corrected chi connectivity index (χ3v) is 5.96. The van der Waals surface area contributed by atoms with Gasteiger partial charge in [0, 0.05) is 40.7 Å². The summed E-state index contributed by atoms with van der Waals surface area (Å²) in [5.41, 5.74) is 0.920. The summed E-state index contributed by atoms with van der Waals surface area (Å²) < 4.78 is 5.00. The molecular formula is C23H22ClNO4. The number of Topliss-reactive ketones (excluding diaryl/α,β-unsaturated/α-hetero) is 1. The predicted molar refractivity (Wildman–Crippen MR) is 111 cm³/mol. The molecular weight excluding hydrogens is 390 g/mol. The van der Waals surface area contributed by atoms with Gasteiger partial charge in [0.05, 0.1) is 7.11 Å².